The zero-order chi connectivity index (χ0) is 12.4. The van der Waals surface area contributed by atoms with Crippen LogP contribution >= 0.6 is 11.3 Å². The highest BCUT2D eigenvalue weighted by Gasteiger charge is 2.20. The number of fused-ring (bicyclic) bond motifs is 1. The van der Waals surface area contributed by atoms with Gasteiger partial charge in [0.25, 0.3) is 0 Å². The van der Waals surface area contributed by atoms with E-state index in [1.807, 2.05) is 18.4 Å². The average molecular weight is 259 g/mol. The molecule has 1 aromatic carbocycles. The molecule has 3 rings (SSSR count). The fraction of sp³-hybridized carbons (Fsp3) is 0.357. The van der Waals surface area contributed by atoms with Crippen LogP contribution in [-0.2, 0) is 19.5 Å². The monoisotopic (exact) mass is 259 g/mol. The van der Waals surface area contributed by atoms with Gasteiger partial charge in [0.1, 0.15) is 5.01 Å². The van der Waals surface area contributed by atoms with E-state index in [9.17, 15) is 0 Å². The summed E-state index contributed by atoms with van der Waals surface area (Å²) in [5, 5.41) is 4.38. The van der Waals surface area contributed by atoms with Crippen LogP contribution < -0.4 is 10.2 Å². The molecular weight excluding hydrogens is 242 g/mol. The Morgan fingerprint density at radius 2 is 2.17 bits per heavy atom. The van der Waals surface area contributed by atoms with Crippen molar-refractivity contribution in [2.75, 3.05) is 18.5 Å². The van der Waals surface area contributed by atoms with Gasteiger partial charge in [-0.2, -0.15) is 0 Å². The molecule has 0 fully saturated rings. The van der Waals surface area contributed by atoms with Crippen molar-refractivity contribution in [2.24, 2.45) is 0 Å². The van der Waals surface area contributed by atoms with Gasteiger partial charge in [-0.05, 0) is 19.2 Å². The van der Waals surface area contributed by atoms with Crippen molar-refractivity contribution in [3.63, 3.8) is 0 Å². The first-order chi connectivity index (χ1) is 8.86. The number of thiazole rings is 1. The molecule has 4 heteroatoms. The normalized spacial score (nSPS) is 14.6. The van der Waals surface area contributed by atoms with E-state index in [4.69, 9.17) is 4.98 Å². The van der Waals surface area contributed by atoms with Crippen LogP contribution in [0, 0.1) is 0 Å². The Labute approximate surface area is 111 Å². The molecule has 1 aromatic heterocycles. The Balaban J connectivity index is 1.80. The number of benzene rings is 1. The summed E-state index contributed by atoms with van der Waals surface area (Å²) in [5.74, 6) is 0. The standard InChI is InChI=1S/C14H17N3S/c1-15-9-14-16-12-7-8-17(10-13(12)18-14)11-5-3-2-4-6-11/h2-6,15H,7-10H2,1H3. The number of aromatic nitrogens is 1. The van der Waals surface area contributed by atoms with Gasteiger partial charge in [-0.3, -0.25) is 0 Å². The summed E-state index contributed by atoms with van der Waals surface area (Å²) < 4.78 is 0. The highest BCUT2D eigenvalue weighted by molar-refractivity contribution is 7.11. The van der Waals surface area contributed by atoms with E-state index >= 15 is 0 Å². The topological polar surface area (TPSA) is 28.2 Å². The molecule has 1 aliphatic heterocycles. The summed E-state index contributed by atoms with van der Waals surface area (Å²) in [6, 6.07) is 10.6. The molecule has 2 aromatic rings. The molecule has 1 N–H and O–H groups in total. The predicted octanol–water partition coefficient (Wildman–Crippen LogP) is 2.43. The first-order valence-electron chi connectivity index (χ1n) is 6.29. The largest absolute Gasteiger partial charge is 0.366 e. The molecular formula is C14H17N3S. The molecule has 94 valence electrons. The number of nitrogens with zero attached hydrogens (tertiary/aromatic N) is 2. The molecule has 1 aliphatic rings. The third kappa shape index (κ3) is 2.26. The lowest BCUT2D eigenvalue weighted by Crippen LogP contribution is -2.29. The van der Waals surface area contributed by atoms with Crippen molar-refractivity contribution in [2.45, 2.75) is 19.5 Å². The number of hydrogen-bond donors (Lipinski definition) is 1. The fourth-order valence-corrected chi connectivity index (χ4v) is 3.48. The SMILES string of the molecule is CNCc1nc2c(s1)CN(c1ccccc1)CC2. The molecule has 18 heavy (non-hydrogen) atoms. The van der Waals surface area contributed by atoms with Crippen LogP contribution in [0.5, 0.6) is 0 Å². The molecule has 0 atom stereocenters. The molecule has 0 unspecified atom stereocenters. The second-order valence-electron chi connectivity index (χ2n) is 4.51. The van der Waals surface area contributed by atoms with Gasteiger partial charge in [0.15, 0.2) is 0 Å². The smallest absolute Gasteiger partial charge is 0.107 e. The van der Waals surface area contributed by atoms with Crippen LogP contribution in [0.25, 0.3) is 0 Å². The van der Waals surface area contributed by atoms with E-state index in [1.54, 1.807) is 0 Å². The quantitative estimate of drug-likeness (QED) is 0.917. The zero-order valence-corrected chi connectivity index (χ0v) is 11.3. The Kier molecular flexibility index (Phi) is 3.30. The lowest BCUT2D eigenvalue weighted by Gasteiger charge is -2.28. The minimum absolute atomic E-state index is 0.878. The summed E-state index contributed by atoms with van der Waals surface area (Å²) in [6.07, 6.45) is 1.06. The molecule has 0 bridgehead atoms. The van der Waals surface area contributed by atoms with Gasteiger partial charge in [0.2, 0.25) is 0 Å². The molecule has 0 saturated heterocycles. The highest BCUT2D eigenvalue weighted by atomic mass is 32.1. The van der Waals surface area contributed by atoms with Gasteiger partial charge in [0, 0.05) is 30.1 Å². The van der Waals surface area contributed by atoms with Crippen LogP contribution in [0.4, 0.5) is 5.69 Å². The summed E-state index contributed by atoms with van der Waals surface area (Å²) in [7, 11) is 1.97. The fourth-order valence-electron chi connectivity index (χ4n) is 2.33. The van der Waals surface area contributed by atoms with E-state index in [0.29, 0.717) is 0 Å². The molecule has 0 saturated carbocycles. The second-order valence-corrected chi connectivity index (χ2v) is 5.68. The van der Waals surface area contributed by atoms with Gasteiger partial charge in [-0.1, -0.05) is 18.2 Å². The van der Waals surface area contributed by atoms with Crippen LogP contribution in [0.1, 0.15) is 15.6 Å². The first kappa shape index (κ1) is 11.7. The van der Waals surface area contributed by atoms with Crippen LogP contribution in [0.3, 0.4) is 0 Å². The van der Waals surface area contributed by atoms with Crippen molar-refractivity contribution in [3.8, 4) is 0 Å². The van der Waals surface area contributed by atoms with Gasteiger partial charge in [0.05, 0.1) is 12.2 Å². The van der Waals surface area contributed by atoms with Crippen molar-refractivity contribution in [1.82, 2.24) is 10.3 Å². The number of anilines is 1. The van der Waals surface area contributed by atoms with Gasteiger partial charge >= 0.3 is 0 Å². The minimum atomic E-state index is 0.878. The van der Waals surface area contributed by atoms with Crippen LogP contribution in [0.15, 0.2) is 30.3 Å². The maximum atomic E-state index is 4.70. The zero-order valence-electron chi connectivity index (χ0n) is 10.5. The Morgan fingerprint density at radius 1 is 1.33 bits per heavy atom. The Bertz CT molecular complexity index is 521. The second kappa shape index (κ2) is 5.08. The third-order valence-electron chi connectivity index (χ3n) is 3.22. The lowest BCUT2D eigenvalue weighted by molar-refractivity contribution is 0.722. The van der Waals surface area contributed by atoms with E-state index < -0.39 is 0 Å². The summed E-state index contributed by atoms with van der Waals surface area (Å²) in [6.45, 7) is 2.95. The van der Waals surface area contributed by atoms with Crippen LogP contribution in [0.2, 0.25) is 0 Å². The molecule has 0 aliphatic carbocycles. The average Bonchev–Trinajstić information content (AvgIpc) is 2.81. The van der Waals surface area contributed by atoms with Gasteiger partial charge in [-0.15, -0.1) is 11.3 Å². The Hall–Kier alpha value is -1.39. The first-order valence-corrected chi connectivity index (χ1v) is 7.10. The lowest BCUT2D eigenvalue weighted by atomic mass is 10.1. The van der Waals surface area contributed by atoms with E-state index in [2.05, 4.69) is 40.5 Å². The van der Waals surface area contributed by atoms with E-state index in [1.165, 1.54) is 21.3 Å². The van der Waals surface area contributed by atoms with Gasteiger partial charge < -0.3 is 10.2 Å². The number of rotatable bonds is 3. The molecule has 0 amide bonds. The minimum Gasteiger partial charge on any atom is -0.366 e. The number of nitrogens with one attached hydrogen (secondary N) is 1. The summed E-state index contributed by atoms with van der Waals surface area (Å²) in [5.41, 5.74) is 2.61. The van der Waals surface area contributed by atoms with E-state index in [-0.39, 0.29) is 0 Å². The van der Waals surface area contributed by atoms with Crippen molar-refractivity contribution < 1.29 is 0 Å². The molecule has 0 spiro atoms. The Morgan fingerprint density at radius 3 is 2.94 bits per heavy atom. The van der Waals surface area contributed by atoms with Crippen molar-refractivity contribution >= 4 is 17.0 Å². The maximum Gasteiger partial charge on any atom is 0.107 e. The van der Waals surface area contributed by atoms with Crippen molar-refractivity contribution in [3.05, 3.63) is 45.9 Å². The van der Waals surface area contributed by atoms with Crippen molar-refractivity contribution in [1.29, 1.82) is 0 Å². The molecule has 3 nitrogen and oxygen atoms in total. The van der Waals surface area contributed by atoms with E-state index in [0.717, 1.165) is 26.1 Å². The summed E-state index contributed by atoms with van der Waals surface area (Å²) >= 11 is 1.84. The maximum absolute atomic E-state index is 4.70. The number of para-hydroxylation sites is 1. The molecule has 0 radical (unpaired) electrons. The third-order valence-corrected chi connectivity index (χ3v) is 4.31. The summed E-state index contributed by atoms with van der Waals surface area (Å²) in [4.78, 5) is 8.56. The highest BCUT2D eigenvalue weighted by Crippen LogP contribution is 2.28. The molecule has 2 heterocycles. The van der Waals surface area contributed by atoms with Gasteiger partial charge in [-0.25, -0.2) is 4.98 Å². The van der Waals surface area contributed by atoms with Crippen LogP contribution in [-0.4, -0.2) is 18.6 Å². The number of hydrogen-bond acceptors (Lipinski definition) is 4. The predicted molar refractivity (Wildman–Crippen MR) is 76.1 cm³/mol.